The Kier molecular flexibility index (Phi) is 6.33. The average molecular weight is 413 g/mol. The fourth-order valence-corrected chi connectivity index (χ4v) is 4.74. The molecule has 7 nitrogen and oxygen atoms in total. The van der Waals surface area contributed by atoms with Crippen LogP contribution in [0, 0.1) is 25.2 Å². The molecule has 0 unspecified atom stereocenters. The summed E-state index contributed by atoms with van der Waals surface area (Å²) in [4.78, 5) is 14.5. The van der Waals surface area contributed by atoms with Gasteiger partial charge < -0.3 is 5.32 Å². The first-order valence-electron chi connectivity index (χ1n) is 9.40. The molecule has 1 aliphatic rings. The summed E-state index contributed by atoms with van der Waals surface area (Å²) in [6, 6.07) is 14.0. The van der Waals surface area contributed by atoms with Crippen LogP contribution in [0.1, 0.15) is 16.7 Å². The fraction of sp³-hybridized carbons (Fsp3) is 0.333. The van der Waals surface area contributed by atoms with Crippen LogP contribution in [0.5, 0.6) is 0 Å². The first kappa shape index (κ1) is 21.0. The highest BCUT2D eigenvalue weighted by Gasteiger charge is 2.29. The first-order chi connectivity index (χ1) is 13.8. The van der Waals surface area contributed by atoms with E-state index in [2.05, 4.69) is 5.32 Å². The third-order valence-electron chi connectivity index (χ3n) is 5.14. The van der Waals surface area contributed by atoms with E-state index in [-0.39, 0.29) is 12.5 Å². The van der Waals surface area contributed by atoms with Gasteiger partial charge in [0, 0.05) is 26.2 Å². The Balaban J connectivity index is 1.58. The number of carbonyl (C=O) groups is 1. The monoisotopic (exact) mass is 412 g/mol. The maximum absolute atomic E-state index is 12.9. The van der Waals surface area contributed by atoms with Gasteiger partial charge in [-0.3, -0.25) is 9.69 Å². The van der Waals surface area contributed by atoms with Crippen molar-refractivity contribution >= 4 is 21.6 Å². The van der Waals surface area contributed by atoms with Crippen LogP contribution in [0.4, 0.5) is 5.69 Å². The molecule has 0 spiro atoms. The van der Waals surface area contributed by atoms with E-state index in [4.69, 9.17) is 5.26 Å². The SMILES string of the molecule is Cc1ccc(S(=O)(=O)N2CCN(CC(=O)Nc3ccccc3C#N)CC2)cc1C. The van der Waals surface area contributed by atoms with Gasteiger partial charge in [-0.1, -0.05) is 18.2 Å². The van der Waals surface area contributed by atoms with E-state index in [1.807, 2.05) is 30.9 Å². The molecule has 0 bridgehead atoms. The van der Waals surface area contributed by atoms with Gasteiger partial charge >= 0.3 is 0 Å². The number of piperazine rings is 1. The summed E-state index contributed by atoms with van der Waals surface area (Å²) in [5.41, 5.74) is 2.89. The van der Waals surface area contributed by atoms with Crippen LogP contribution in [-0.4, -0.2) is 56.3 Å². The van der Waals surface area contributed by atoms with Crippen LogP contribution in [0.15, 0.2) is 47.4 Å². The van der Waals surface area contributed by atoms with Crippen molar-refractivity contribution in [2.75, 3.05) is 38.0 Å². The van der Waals surface area contributed by atoms with Crippen molar-refractivity contribution in [1.82, 2.24) is 9.21 Å². The Bertz CT molecular complexity index is 1050. The number of amides is 1. The minimum Gasteiger partial charge on any atom is -0.324 e. The molecule has 29 heavy (non-hydrogen) atoms. The second-order valence-corrected chi connectivity index (χ2v) is 9.07. The van der Waals surface area contributed by atoms with Crippen LogP contribution in [0.2, 0.25) is 0 Å². The maximum atomic E-state index is 12.9. The van der Waals surface area contributed by atoms with E-state index in [0.717, 1.165) is 11.1 Å². The molecule has 1 fully saturated rings. The average Bonchev–Trinajstić information content (AvgIpc) is 2.70. The Hall–Kier alpha value is -2.73. The Labute approximate surface area is 171 Å². The number of nitrogens with one attached hydrogen (secondary N) is 1. The summed E-state index contributed by atoms with van der Waals surface area (Å²) < 4.78 is 27.2. The third kappa shape index (κ3) is 4.82. The highest BCUT2D eigenvalue weighted by Crippen LogP contribution is 2.20. The zero-order valence-corrected chi connectivity index (χ0v) is 17.4. The number of carbonyl (C=O) groups excluding carboxylic acids is 1. The Morgan fingerprint density at radius 2 is 1.76 bits per heavy atom. The standard InChI is InChI=1S/C21H24N4O3S/c1-16-7-8-19(13-17(16)2)29(27,28)25-11-9-24(10-12-25)15-21(26)23-20-6-4-3-5-18(20)14-22/h3-8,13H,9-12,15H2,1-2H3,(H,23,26). The fourth-order valence-electron chi connectivity index (χ4n) is 3.23. The maximum Gasteiger partial charge on any atom is 0.243 e. The minimum absolute atomic E-state index is 0.150. The van der Waals surface area contributed by atoms with Gasteiger partial charge in [-0.2, -0.15) is 9.57 Å². The van der Waals surface area contributed by atoms with E-state index in [9.17, 15) is 13.2 Å². The smallest absolute Gasteiger partial charge is 0.243 e. The molecule has 2 aromatic rings. The van der Waals surface area contributed by atoms with E-state index in [1.54, 1.807) is 36.4 Å². The molecular weight excluding hydrogens is 388 g/mol. The lowest BCUT2D eigenvalue weighted by molar-refractivity contribution is -0.117. The summed E-state index contributed by atoms with van der Waals surface area (Å²) in [6.45, 7) is 5.60. The van der Waals surface area contributed by atoms with Crippen molar-refractivity contribution in [1.29, 1.82) is 5.26 Å². The summed E-state index contributed by atoms with van der Waals surface area (Å²) in [5, 5.41) is 11.9. The number of nitriles is 1. The largest absolute Gasteiger partial charge is 0.324 e. The lowest BCUT2D eigenvalue weighted by atomic mass is 10.1. The molecule has 0 aliphatic carbocycles. The summed E-state index contributed by atoms with van der Waals surface area (Å²) in [6.07, 6.45) is 0. The van der Waals surface area contributed by atoms with Crippen LogP contribution in [0.3, 0.4) is 0 Å². The zero-order valence-electron chi connectivity index (χ0n) is 16.6. The van der Waals surface area contributed by atoms with E-state index < -0.39 is 10.0 Å². The van der Waals surface area contributed by atoms with E-state index in [1.165, 1.54) is 4.31 Å². The van der Waals surface area contributed by atoms with Gasteiger partial charge in [-0.25, -0.2) is 8.42 Å². The summed E-state index contributed by atoms with van der Waals surface area (Å²) in [7, 11) is -3.54. The topological polar surface area (TPSA) is 93.5 Å². The number of hydrogen-bond acceptors (Lipinski definition) is 5. The predicted molar refractivity (Wildman–Crippen MR) is 111 cm³/mol. The van der Waals surface area contributed by atoms with Gasteiger partial charge in [-0.05, 0) is 49.2 Å². The van der Waals surface area contributed by atoms with Crippen molar-refractivity contribution < 1.29 is 13.2 Å². The highest BCUT2D eigenvalue weighted by molar-refractivity contribution is 7.89. The highest BCUT2D eigenvalue weighted by atomic mass is 32.2. The third-order valence-corrected chi connectivity index (χ3v) is 7.03. The zero-order chi connectivity index (χ0) is 21.0. The van der Waals surface area contributed by atoms with Crippen molar-refractivity contribution in [3.63, 3.8) is 0 Å². The molecule has 1 heterocycles. The van der Waals surface area contributed by atoms with Gasteiger partial charge in [-0.15, -0.1) is 0 Å². The molecule has 1 N–H and O–H groups in total. The van der Waals surface area contributed by atoms with Gasteiger partial charge in [0.1, 0.15) is 6.07 Å². The molecule has 1 saturated heterocycles. The summed E-state index contributed by atoms with van der Waals surface area (Å²) in [5.74, 6) is -0.224. The molecule has 0 saturated carbocycles. The Morgan fingerprint density at radius 1 is 1.07 bits per heavy atom. The number of anilines is 1. The van der Waals surface area contributed by atoms with Crippen LogP contribution < -0.4 is 5.32 Å². The van der Waals surface area contributed by atoms with E-state index >= 15 is 0 Å². The van der Waals surface area contributed by atoms with E-state index in [0.29, 0.717) is 42.3 Å². The molecule has 8 heteroatoms. The lowest BCUT2D eigenvalue weighted by Gasteiger charge is -2.33. The van der Waals surface area contributed by atoms with Crippen LogP contribution >= 0.6 is 0 Å². The number of para-hydroxylation sites is 1. The molecule has 2 aromatic carbocycles. The van der Waals surface area contributed by atoms with Crippen molar-refractivity contribution in [3.8, 4) is 6.07 Å². The lowest BCUT2D eigenvalue weighted by Crippen LogP contribution is -2.50. The predicted octanol–water partition coefficient (Wildman–Crippen LogP) is 2.12. The molecule has 1 amide bonds. The van der Waals surface area contributed by atoms with Gasteiger partial charge in [0.2, 0.25) is 15.9 Å². The molecule has 152 valence electrons. The molecule has 0 atom stereocenters. The Morgan fingerprint density at radius 3 is 2.41 bits per heavy atom. The van der Waals surface area contributed by atoms with Crippen molar-refractivity contribution in [2.45, 2.75) is 18.7 Å². The molecule has 0 radical (unpaired) electrons. The van der Waals surface area contributed by atoms with Gasteiger partial charge in [0.15, 0.2) is 0 Å². The van der Waals surface area contributed by atoms with Crippen molar-refractivity contribution in [3.05, 3.63) is 59.2 Å². The summed E-state index contributed by atoms with van der Waals surface area (Å²) >= 11 is 0. The van der Waals surface area contributed by atoms with Crippen molar-refractivity contribution in [2.24, 2.45) is 0 Å². The second-order valence-electron chi connectivity index (χ2n) is 7.13. The van der Waals surface area contributed by atoms with Gasteiger partial charge in [0.05, 0.1) is 22.7 Å². The number of aryl methyl sites for hydroxylation is 2. The van der Waals surface area contributed by atoms with Gasteiger partial charge in [0.25, 0.3) is 0 Å². The quantitative estimate of drug-likeness (QED) is 0.812. The number of benzene rings is 2. The molecule has 3 rings (SSSR count). The van der Waals surface area contributed by atoms with Crippen LogP contribution in [0.25, 0.3) is 0 Å². The number of rotatable bonds is 5. The molecule has 1 aliphatic heterocycles. The molecular formula is C21H24N4O3S. The normalized spacial score (nSPS) is 15.6. The number of hydrogen-bond donors (Lipinski definition) is 1. The number of sulfonamides is 1. The van der Waals surface area contributed by atoms with Crippen LogP contribution in [-0.2, 0) is 14.8 Å². The first-order valence-corrected chi connectivity index (χ1v) is 10.8. The second kappa shape index (κ2) is 8.74. The molecule has 0 aromatic heterocycles. The minimum atomic E-state index is -3.54. The number of nitrogens with zero attached hydrogens (tertiary/aromatic N) is 3.